The number of ether oxygens (including phenoxy) is 2. The predicted molar refractivity (Wildman–Crippen MR) is 152 cm³/mol. The largest absolute Gasteiger partial charge is 0.497 e. The molecule has 4 aromatic rings. The number of carbonyl (C=O) groups excluding carboxylic acids is 1. The number of anilines is 1. The van der Waals surface area contributed by atoms with Gasteiger partial charge in [0.25, 0.3) is 5.91 Å². The first kappa shape index (κ1) is 24.6. The molecule has 0 bridgehead atoms. The minimum atomic E-state index is -1.01. The highest BCUT2D eigenvalue weighted by atomic mass is 16.5. The summed E-state index contributed by atoms with van der Waals surface area (Å²) in [5.41, 5.74) is 4.79. The lowest BCUT2D eigenvalue weighted by molar-refractivity contribution is 0.0665. The lowest BCUT2D eigenvalue weighted by Gasteiger charge is -2.42. The van der Waals surface area contributed by atoms with E-state index in [1.54, 1.807) is 7.11 Å². The number of nitrogens with zero attached hydrogens (tertiary/aromatic N) is 2. The van der Waals surface area contributed by atoms with Crippen molar-refractivity contribution in [3.63, 3.8) is 0 Å². The van der Waals surface area contributed by atoms with Gasteiger partial charge in [0.2, 0.25) is 0 Å². The van der Waals surface area contributed by atoms with Gasteiger partial charge in [0.15, 0.2) is 0 Å². The van der Waals surface area contributed by atoms with Crippen LogP contribution in [0.3, 0.4) is 0 Å². The number of hydrogen-bond donors (Lipinski definition) is 1. The molecule has 39 heavy (non-hydrogen) atoms. The Labute approximate surface area is 228 Å². The Morgan fingerprint density at radius 2 is 1.49 bits per heavy atom. The summed E-state index contributed by atoms with van der Waals surface area (Å²) in [6.07, 6.45) is 0. The van der Waals surface area contributed by atoms with Gasteiger partial charge >= 0.3 is 0 Å². The second kappa shape index (κ2) is 9.54. The van der Waals surface area contributed by atoms with Gasteiger partial charge in [-0.2, -0.15) is 0 Å². The number of hydrazine groups is 1. The van der Waals surface area contributed by atoms with Gasteiger partial charge in [0.1, 0.15) is 22.8 Å². The SMILES string of the molecule is CCN(CC)c1ccc2c(c1)Oc1cc(C#Cc3ccc(OC)cc3)ccc1C21c2ccccc2C(=O)N1N. The zero-order chi connectivity index (χ0) is 27.1. The molecule has 1 spiro atoms. The van der Waals surface area contributed by atoms with Gasteiger partial charge < -0.3 is 14.4 Å². The Kier molecular flexibility index (Phi) is 6.02. The van der Waals surface area contributed by atoms with Crippen LogP contribution in [0.2, 0.25) is 0 Å². The molecule has 194 valence electrons. The maximum absolute atomic E-state index is 13.4. The summed E-state index contributed by atoms with van der Waals surface area (Å²) in [7, 11) is 1.64. The number of amides is 1. The van der Waals surface area contributed by atoms with Crippen molar-refractivity contribution in [2.45, 2.75) is 19.4 Å². The first-order valence-electron chi connectivity index (χ1n) is 13.1. The Hall–Kier alpha value is -4.73. The number of methoxy groups -OCH3 is 1. The quantitative estimate of drug-likeness (QED) is 0.216. The van der Waals surface area contributed by atoms with E-state index in [0.29, 0.717) is 17.1 Å². The smallest absolute Gasteiger partial charge is 0.269 e. The van der Waals surface area contributed by atoms with Crippen LogP contribution in [0, 0.1) is 11.8 Å². The molecular weight excluding hydrogens is 486 g/mol. The van der Waals surface area contributed by atoms with Gasteiger partial charge in [-0.3, -0.25) is 9.80 Å². The number of rotatable bonds is 4. The average molecular weight is 516 g/mol. The van der Waals surface area contributed by atoms with Crippen molar-refractivity contribution in [2.24, 2.45) is 5.84 Å². The fourth-order valence-electron chi connectivity index (χ4n) is 5.69. The molecule has 1 amide bonds. The van der Waals surface area contributed by atoms with Crippen LogP contribution in [0.5, 0.6) is 17.2 Å². The Morgan fingerprint density at radius 1 is 0.846 bits per heavy atom. The van der Waals surface area contributed by atoms with Crippen LogP contribution in [0.25, 0.3) is 0 Å². The van der Waals surface area contributed by atoms with E-state index in [0.717, 1.165) is 52.3 Å². The average Bonchev–Trinajstić information content (AvgIpc) is 3.19. The van der Waals surface area contributed by atoms with Crippen LogP contribution in [-0.4, -0.2) is 31.1 Å². The molecule has 0 fully saturated rings. The van der Waals surface area contributed by atoms with E-state index in [2.05, 4.69) is 36.7 Å². The summed E-state index contributed by atoms with van der Waals surface area (Å²) in [4.78, 5) is 15.7. The molecule has 2 aliphatic heterocycles. The molecule has 0 radical (unpaired) electrons. The fraction of sp³-hybridized carbons (Fsp3) is 0.182. The lowest BCUT2D eigenvalue weighted by atomic mass is 9.75. The highest BCUT2D eigenvalue weighted by Crippen LogP contribution is 2.56. The minimum absolute atomic E-state index is 0.222. The molecule has 0 saturated carbocycles. The van der Waals surface area contributed by atoms with Gasteiger partial charge in [-0.25, -0.2) is 5.84 Å². The van der Waals surface area contributed by atoms with Crippen LogP contribution in [0.4, 0.5) is 5.69 Å². The zero-order valence-electron chi connectivity index (χ0n) is 22.2. The van der Waals surface area contributed by atoms with E-state index >= 15 is 0 Å². The predicted octanol–water partition coefficient (Wildman–Crippen LogP) is 5.67. The van der Waals surface area contributed by atoms with Crippen LogP contribution < -0.4 is 20.2 Å². The van der Waals surface area contributed by atoms with Gasteiger partial charge in [0.05, 0.1) is 7.11 Å². The highest BCUT2D eigenvalue weighted by Gasteiger charge is 2.55. The maximum atomic E-state index is 13.4. The summed E-state index contributed by atoms with van der Waals surface area (Å²) < 4.78 is 11.8. The van der Waals surface area contributed by atoms with Gasteiger partial charge in [-0.05, 0) is 62.4 Å². The number of benzene rings is 4. The van der Waals surface area contributed by atoms with Crippen molar-refractivity contribution < 1.29 is 14.3 Å². The molecule has 0 aromatic heterocycles. The first-order valence-corrected chi connectivity index (χ1v) is 13.1. The maximum Gasteiger partial charge on any atom is 0.269 e. The van der Waals surface area contributed by atoms with Crippen molar-refractivity contribution in [3.8, 4) is 29.1 Å². The molecule has 1 atom stereocenters. The van der Waals surface area contributed by atoms with E-state index in [1.807, 2.05) is 78.9 Å². The second-order valence-corrected chi connectivity index (χ2v) is 9.58. The molecule has 2 heterocycles. The summed E-state index contributed by atoms with van der Waals surface area (Å²) in [6.45, 7) is 5.99. The van der Waals surface area contributed by atoms with Crippen LogP contribution >= 0.6 is 0 Å². The van der Waals surface area contributed by atoms with E-state index < -0.39 is 5.54 Å². The van der Waals surface area contributed by atoms with Crippen molar-refractivity contribution in [3.05, 3.63) is 118 Å². The van der Waals surface area contributed by atoms with E-state index in [-0.39, 0.29) is 5.91 Å². The third-order valence-corrected chi connectivity index (χ3v) is 7.64. The molecule has 2 aliphatic rings. The second-order valence-electron chi connectivity index (χ2n) is 9.58. The first-order chi connectivity index (χ1) is 19.0. The number of hydrogen-bond acceptors (Lipinski definition) is 5. The number of carbonyl (C=O) groups is 1. The van der Waals surface area contributed by atoms with Crippen LogP contribution in [-0.2, 0) is 5.54 Å². The summed E-state index contributed by atoms with van der Waals surface area (Å²) in [5, 5.41) is 1.36. The molecule has 4 aromatic carbocycles. The zero-order valence-corrected chi connectivity index (χ0v) is 22.2. The minimum Gasteiger partial charge on any atom is -0.497 e. The molecule has 6 nitrogen and oxygen atoms in total. The normalized spacial score (nSPS) is 16.5. The number of fused-ring (bicyclic) bond motifs is 6. The van der Waals surface area contributed by atoms with Crippen molar-refractivity contribution >= 4 is 11.6 Å². The van der Waals surface area contributed by atoms with Crippen molar-refractivity contribution in [1.29, 1.82) is 0 Å². The van der Waals surface area contributed by atoms with E-state index in [1.165, 1.54) is 5.01 Å². The molecule has 0 saturated heterocycles. The van der Waals surface area contributed by atoms with Crippen molar-refractivity contribution in [1.82, 2.24) is 5.01 Å². The highest BCUT2D eigenvalue weighted by molar-refractivity contribution is 6.02. The standard InChI is InChI=1S/C33H29N3O3/c1-4-35(5-2)24-15-19-29-31(21-24)39-30-20-23(11-10-22-12-16-25(38-3)17-13-22)14-18-28(30)33(29)27-9-7-6-8-26(27)32(37)36(33)34/h6-9,12-21H,4-5,34H2,1-3H3. The summed E-state index contributed by atoms with van der Waals surface area (Å²) in [6, 6.07) is 27.3. The summed E-state index contributed by atoms with van der Waals surface area (Å²) in [5.74, 6) is 15.0. The van der Waals surface area contributed by atoms with E-state index in [9.17, 15) is 4.79 Å². The molecule has 6 heteroatoms. The lowest BCUT2D eigenvalue weighted by Crippen LogP contribution is -2.51. The topological polar surface area (TPSA) is 68.0 Å². The number of nitrogens with two attached hydrogens (primary N) is 1. The third-order valence-electron chi connectivity index (χ3n) is 7.64. The summed E-state index contributed by atoms with van der Waals surface area (Å²) >= 11 is 0. The third kappa shape index (κ3) is 3.74. The van der Waals surface area contributed by atoms with Gasteiger partial charge in [-0.15, -0.1) is 0 Å². The van der Waals surface area contributed by atoms with E-state index in [4.69, 9.17) is 15.3 Å². The Balaban J connectivity index is 1.53. The monoisotopic (exact) mass is 515 g/mol. The Bertz CT molecular complexity index is 1650. The molecule has 2 N–H and O–H groups in total. The molecule has 0 aliphatic carbocycles. The van der Waals surface area contributed by atoms with Gasteiger partial charge in [0, 0.05) is 58.2 Å². The van der Waals surface area contributed by atoms with Crippen molar-refractivity contribution in [2.75, 3.05) is 25.1 Å². The van der Waals surface area contributed by atoms with Crippen LogP contribution in [0.15, 0.2) is 84.9 Å². The fourth-order valence-corrected chi connectivity index (χ4v) is 5.69. The Morgan fingerprint density at radius 3 is 2.21 bits per heavy atom. The van der Waals surface area contributed by atoms with Crippen LogP contribution in [0.1, 0.15) is 52.0 Å². The van der Waals surface area contributed by atoms with Gasteiger partial charge in [-0.1, -0.05) is 42.2 Å². The molecular formula is C33H29N3O3. The molecule has 6 rings (SSSR count). The molecule has 1 unspecified atom stereocenters.